The molecule has 2 unspecified atom stereocenters. The Kier molecular flexibility index (Phi) is 22.9. The van der Waals surface area contributed by atoms with Gasteiger partial charge >= 0.3 is 26.0 Å². The maximum Gasteiger partial charge on any atom is 0.374 e. The minimum atomic E-state index is -0.957. The molecule has 35 heavy (non-hydrogen) atoms. The van der Waals surface area contributed by atoms with Gasteiger partial charge in [-0.3, -0.25) is 9.59 Å². The van der Waals surface area contributed by atoms with E-state index in [0.717, 1.165) is 0 Å². The third-order valence-corrected chi connectivity index (χ3v) is 3.51. The molecule has 0 bridgehead atoms. The summed E-state index contributed by atoms with van der Waals surface area (Å²) in [6, 6.07) is -1.33. The monoisotopic (exact) mass is 514 g/mol. The molecule has 0 spiro atoms. The van der Waals surface area contributed by atoms with Crippen molar-refractivity contribution >= 4 is 26.0 Å². The predicted octanol–water partition coefficient (Wildman–Crippen LogP) is -1.56. The highest BCUT2D eigenvalue weighted by molar-refractivity contribution is 6.46. The third-order valence-electron chi connectivity index (χ3n) is 3.51. The summed E-state index contributed by atoms with van der Waals surface area (Å²) >= 11 is 0. The molecule has 0 fully saturated rings. The van der Waals surface area contributed by atoms with Crippen LogP contribution in [0.3, 0.4) is 0 Å². The van der Waals surface area contributed by atoms with Crippen molar-refractivity contribution in [3.8, 4) is 0 Å². The fraction of sp³-hybridized carbons (Fsp3) is 0.875. The van der Waals surface area contributed by atoms with Crippen LogP contribution in [0.4, 0.5) is 0 Å². The number of carboxylic acid groups (broad SMARTS) is 1. The lowest BCUT2D eigenvalue weighted by Gasteiger charge is -2.21. The standard InChI is InChI=1S/C8H17BN2O6.C6H14BNO3.C2H5NO4/c1-6(2)7(10-9(3)13)8(12)16-4-5-17-11(14)15;1-4(2)5(6(9)10)8-7(3)11;4-1-2-7-3(5)6/h6-7,10,13H,4-5H2,1-3H3;4-5,8,11H,1-3H3,(H,9,10);4H,1-2H2. The van der Waals surface area contributed by atoms with E-state index in [4.69, 9.17) is 25.0 Å². The van der Waals surface area contributed by atoms with Crippen molar-refractivity contribution in [2.45, 2.75) is 53.4 Å². The molecule has 6 N–H and O–H groups in total. The number of aliphatic carboxylic acids is 1. The SMILES string of the molecule is CB(O)NC(C(=O)O)C(C)C.CB(O)NC(C(=O)OCCO[N+](=O)[O-])C(C)C.O=[N+]([O-])OCCO. The lowest BCUT2D eigenvalue weighted by molar-refractivity contribution is -0.758. The molecule has 0 aliphatic heterocycles. The number of carboxylic acids is 1. The molecule has 17 nitrogen and oxygen atoms in total. The zero-order valence-corrected chi connectivity index (χ0v) is 20.7. The molecule has 0 aromatic carbocycles. The molecule has 204 valence electrons. The summed E-state index contributed by atoms with van der Waals surface area (Å²) < 4.78 is 4.77. The maximum atomic E-state index is 11.5. The number of aliphatic hydroxyl groups is 1. The van der Waals surface area contributed by atoms with Crippen LogP contribution in [0.15, 0.2) is 0 Å². The lowest BCUT2D eigenvalue weighted by Crippen LogP contribution is -2.48. The second kappa shape index (κ2) is 21.8. The van der Waals surface area contributed by atoms with Crippen LogP contribution in [-0.2, 0) is 24.0 Å². The summed E-state index contributed by atoms with van der Waals surface area (Å²) in [4.78, 5) is 48.8. The minimum absolute atomic E-state index is 0.0258. The smallest absolute Gasteiger partial charge is 0.374 e. The Hall–Kier alpha value is -2.73. The first kappa shape index (κ1) is 36.8. The van der Waals surface area contributed by atoms with Crippen molar-refractivity contribution < 1.29 is 54.4 Å². The molecular weight excluding hydrogens is 478 g/mol. The van der Waals surface area contributed by atoms with Gasteiger partial charge in [-0.05, 0) is 25.5 Å². The number of aliphatic hydroxyl groups excluding tert-OH is 1. The van der Waals surface area contributed by atoms with Gasteiger partial charge in [0.25, 0.3) is 10.2 Å². The number of rotatable bonds is 15. The van der Waals surface area contributed by atoms with Crippen LogP contribution in [0.25, 0.3) is 0 Å². The maximum absolute atomic E-state index is 11.5. The summed E-state index contributed by atoms with van der Waals surface area (Å²) in [5.74, 6) is -1.61. The quantitative estimate of drug-likeness (QED) is 0.0475. The van der Waals surface area contributed by atoms with Crippen LogP contribution in [0.5, 0.6) is 0 Å². The van der Waals surface area contributed by atoms with Gasteiger partial charge < -0.3 is 45.1 Å². The number of ether oxygens (including phenoxy) is 1. The molecule has 0 saturated carbocycles. The Morgan fingerprint density at radius 3 is 1.51 bits per heavy atom. The normalized spacial score (nSPS) is 11.6. The number of nitrogens with one attached hydrogen (secondary N) is 2. The van der Waals surface area contributed by atoms with Gasteiger partial charge in [0.1, 0.15) is 31.9 Å². The molecular formula is C16H36B2N4O13. The Labute approximate surface area is 203 Å². The van der Waals surface area contributed by atoms with Crippen molar-refractivity contribution in [3.63, 3.8) is 0 Å². The van der Waals surface area contributed by atoms with Gasteiger partial charge in [-0.2, -0.15) is 0 Å². The zero-order valence-electron chi connectivity index (χ0n) is 20.7. The number of nitrogens with zero attached hydrogens (tertiary/aromatic N) is 2. The van der Waals surface area contributed by atoms with Gasteiger partial charge in [0.15, 0.2) is 0 Å². The van der Waals surface area contributed by atoms with E-state index >= 15 is 0 Å². The molecule has 0 heterocycles. The van der Waals surface area contributed by atoms with E-state index in [9.17, 15) is 29.8 Å². The summed E-state index contributed by atoms with van der Waals surface area (Å²) in [6.07, 6.45) is 0. The van der Waals surface area contributed by atoms with E-state index in [2.05, 4.69) is 20.1 Å². The number of esters is 1. The highest BCUT2D eigenvalue weighted by Gasteiger charge is 2.26. The molecule has 0 radical (unpaired) electrons. The molecule has 2 atom stereocenters. The fourth-order valence-corrected chi connectivity index (χ4v) is 2.06. The summed E-state index contributed by atoms with van der Waals surface area (Å²) in [6.45, 7) is 9.06. The van der Waals surface area contributed by atoms with Crippen LogP contribution in [0.1, 0.15) is 27.7 Å². The van der Waals surface area contributed by atoms with Crippen LogP contribution < -0.4 is 10.5 Å². The highest BCUT2D eigenvalue weighted by atomic mass is 17.0. The van der Waals surface area contributed by atoms with E-state index in [-0.39, 0.29) is 38.3 Å². The van der Waals surface area contributed by atoms with Gasteiger partial charge in [0.2, 0.25) is 0 Å². The molecule has 0 aromatic heterocycles. The van der Waals surface area contributed by atoms with E-state index in [1.807, 2.05) is 0 Å². The summed E-state index contributed by atoms with van der Waals surface area (Å²) in [7, 11) is -1.62. The zero-order chi connectivity index (χ0) is 28.1. The number of hydrogen-bond acceptors (Lipinski definition) is 14. The molecule has 0 amide bonds. The topological polar surface area (TPSA) is 253 Å². The fourth-order valence-electron chi connectivity index (χ4n) is 2.06. The minimum Gasteiger partial charge on any atom is -0.480 e. The second-order valence-electron chi connectivity index (χ2n) is 7.47. The van der Waals surface area contributed by atoms with E-state index in [1.165, 1.54) is 13.6 Å². The Morgan fingerprint density at radius 2 is 1.26 bits per heavy atom. The first-order chi connectivity index (χ1) is 16.1. The lowest BCUT2D eigenvalue weighted by atomic mass is 9.85. The molecule has 0 saturated heterocycles. The van der Waals surface area contributed by atoms with Gasteiger partial charge in [0, 0.05) is 0 Å². The third kappa shape index (κ3) is 25.7. The van der Waals surface area contributed by atoms with Gasteiger partial charge in [-0.1, -0.05) is 27.7 Å². The van der Waals surface area contributed by atoms with E-state index in [1.54, 1.807) is 27.7 Å². The average molecular weight is 514 g/mol. The van der Waals surface area contributed by atoms with Crippen LogP contribution in [0.2, 0.25) is 13.6 Å². The summed E-state index contributed by atoms with van der Waals surface area (Å²) in [5, 5.41) is 56.8. The van der Waals surface area contributed by atoms with Crippen LogP contribution in [-0.4, -0.2) is 95.0 Å². The van der Waals surface area contributed by atoms with Gasteiger partial charge in [-0.25, -0.2) is 0 Å². The Balaban J connectivity index is -0.000000486. The molecule has 19 heteroatoms. The average Bonchev–Trinajstić information content (AvgIpc) is 2.71. The molecule has 0 aliphatic rings. The van der Waals surface area contributed by atoms with E-state index < -0.39 is 48.3 Å². The van der Waals surface area contributed by atoms with Crippen molar-refractivity contribution in [2.24, 2.45) is 11.8 Å². The number of carbonyl (C=O) groups is 2. The second-order valence-corrected chi connectivity index (χ2v) is 7.47. The van der Waals surface area contributed by atoms with E-state index in [0.29, 0.717) is 0 Å². The Bertz CT molecular complexity index is 612. The summed E-state index contributed by atoms with van der Waals surface area (Å²) in [5.41, 5.74) is 0. The van der Waals surface area contributed by atoms with Crippen molar-refractivity contribution in [3.05, 3.63) is 20.2 Å². The van der Waals surface area contributed by atoms with Crippen molar-refractivity contribution in [1.29, 1.82) is 0 Å². The molecule has 0 aliphatic carbocycles. The van der Waals surface area contributed by atoms with Crippen molar-refractivity contribution in [2.75, 3.05) is 26.4 Å². The number of hydrogen-bond donors (Lipinski definition) is 6. The largest absolute Gasteiger partial charge is 0.480 e. The molecule has 0 aromatic rings. The first-order valence-electron chi connectivity index (χ1n) is 10.5. The highest BCUT2D eigenvalue weighted by Crippen LogP contribution is 2.04. The number of carbonyl (C=O) groups excluding carboxylic acids is 1. The van der Waals surface area contributed by atoms with Crippen LogP contribution in [0, 0.1) is 32.1 Å². The van der Waals surface area contributed by atoms with Crippen molar-refractivity contribution in [1.82, 2.24) is 10.5 Å². The van der Waals surface area contributed by atoms with Gasteiger partial charge in [0.05, 0.1) is 6.61 Å². The Morgan fingerprint density at radius 1 is 0.857 bits per heavy atom. The van der Waals surface area contributed by atoms with Crippen LogP contribution >= 0.6 is 0 Å². The van der Waals surface area contributed by atoms with Gasteiger partial charge in [-0.15, -0.1) is 20.2 Å². The predicted molar refractivity (Wildman–Crippen MR) is 123 cm³/mol. The first-order valence-corrected chi connectivity index (χ1v) is 10.5. The molecule has 0 rings (SSSR count).